The van der Waals surface area contributed by atoms with Crippen molar-refractivity contribution < 1.29 is 9.18 Å². The number of aromatic nitrogens is 3. The number of nitrogens with one attached hydrogen (secondary N) is 1. The van der Waals surface area contributed by atoms with E-state index in [2.05, 4.69) is 27.2 Å². The second-order valence-electron chi connectivity index (χ2n) is 7.04. The molecular weight excluding hydrogens is 381 g/mol. The first-order chi connectivity index (χ1) is 13.5. The third-order valence-electron chi connectivity index (χ3n) is 4.90. The highest BCUT2D eigenvalue weighted by molar-refractivity contribution is 7.20. The number of hydrogen-bond donors (Lipinski definition) is 1. The van der Waals surface area contributed by atoms with Crippen LogP contribution in [0.5, 0.6) is 0 Å². The first-order valence-electron chi connectivity index (χ1n) is 9.18. The zero-order valence-corrected chi connectivity index (χ0v) is 16.2. The minimum atomic E-state index is -0.477. The van der Waals surface area contributed by atoms with E-state index in [9.17, 15) is 14.0 Å². The number of rotatable bonds is 4. The van der Waals surface area contributed by atoms with E-state index in [-0.39, 0.29) is 18.1 Å². The number of benzene rings is 1. The first kappa shape index (κ1) is 18.5. The van der Waals surface area contributed by atoms with E-state index in [4.69, 9.17) is 0 Å². The van der Waals surface area contributed by atoms with Crippen LogP contribution >= 0.6 is 11.3 Å². The number of piperidine rings is 1. The summed E-state index contributed by atoms with van der Waals surface area (Å²) in [6.07, 6.45) is 2.18. The molecule has 146 valence electrons. The van der Waals surface area contributed by atoms with E-state index < -0.39 is 11.5 Å². The largest absolute Gasteiger partial charge is 0.347 e. The van der Waals surface area contributed by atoms with Crippen LogP contribution in [0.1, 0.15) is 35.8 Å². The Morgan fingerprint density at radius 3 is 2.71 bits per heavy atom. The van der Waals surface area contributed by atoms with Gasteiger partial charge in [0.25, 0.3) is 11.5 Å². The fraction of sp³-hybridized carbons (Fsp3) is 0.368. The number of anilines is 1. The molecule has 1 N–H and O–H groups in total. The molecule has 1 aliphatic heterocycles. The van der Waals surface area contributed by atoms with Crippen LogP contribution in [0.15, 0.2) is 35.1 Å². The predicted molar refractivity (Wildman–Crippen MR) is 105 cm³/mol. The van der Waals surface area contributed by atoms with Crippen molar-refractivity contribution in [1.82, 2.24) is 19.9 Å². The molecule has 4 rings (SSSR count). The zero-order valence-electron chi connectivity index (χ0n) is 15.4. The summed E-state index contributed by atoms with van der Waals surface area (Å²) in [5, 5.41) is 8.05. The van der Waals surface area contributed by atoms with E-state index in [1.54, 1.807) is 12.1 Å². The predicted octanol–water partition coefficient (Wildman–Crippen LogP) is 2.46. The quantitative estimate of drug-likeness (QED) is 0.727. The Labute approximate surface area is 164 Å². The third kappa shape index (κ3) is 3.89. The van der Waals surface area contributed by atoms with Crippen molar-refractivity contribution in [3.8, 4) is 0 Å². The van der Waals surface area contributed by atoms with Crippen molar-refractivity contribution >= 4 is 27.3 Å². The highest BCUT2D eigenvalue weighted by Crippen LogP contribution is 2.27. The lowest BCUT2D eigenvalue weighted by Crippen LogP contribution is -2.32. The number of hydrogen-bond acceptors (Lipinski definition) is 6. The Balaban J connectivity index is 1.58. The molecule has 1 aliphatic rings. The van der Waals surface area contributed by atoms with Gasteiger partial charge in [0.1, 0.15) is 11.5 Å². The summed E-state index contributed by atoms with van der Waals surface area (Å²) in [6, 6.07) is 7.06. The molecule has 1 saturated heterocycles. The number of nitrogens with zero attached hydrogens (tertiary/aromatic N) is 4. The van der Waals surface area contributed by atoms with Gasteiger partial charge < -0.3 is 10.2 Å². The van der Waals surface area contributed by atoms with Crippen molar-refractivity contribution in [1.29, 1.82) is 0 Å². The molecule has 3 aromatic rings. The molecular formula is C19H20FN5O2S. The molecule has 2 aromatic heterocycles. The molecule has 9 heteroatoms. The van der Waals surface area contributed by atoms with Crippen LogP contribution in [0.3, 0.4) is 0 Å². The topological polar surface area (TPSA) is 79.6 Å². The summed E-state index contributed by atoms with van der Waals surface area (Å²) >= 11 is 1.31. The standard InChI is InChI=1S/C19H20FN5O2S/c1-12-6-8-24(9-7-12)19-23-25-15(10-16(26)22-18(25)28-19)17(27)21-11-13-2-4-14(20)5-3-13/h2-5,10,12H,6-9,11H2,1H3,(H,21,27). The monoisotopic (exact) mass is 401 g/mol. The van der Waals surface area contributed by atoms with Gasteiger partial charge in [-0.2, -0.15) is 9.50 Å². The normalized spacial score (nSPS) is 15.1. The molecule has 1 amide bonds. The summed E-state index contributed by atoms with van der Waals surface area (Å²) in [4.78, 5) is 31.2. The van der Waals surface area contributed by atoms with E-state index in [0.717, 1.165) is 36.6 Å². The van der Waals surface area contributed by atoms with Crippen LogP contribution in [0.2, 0.25) is 0 Å². The Morgan fingerprint density at radius 1 is 1.29 bits per heavy atom. The van der Waals surface area contributed by atoms with Crippen LogP contribution in [-0.2, 0) is 6.54 Å². The number of amides is 1. The number of carbonyl (C=O) groups excluding carboxylic acids is 1. The summed E-state index contributed by atoms with van der Waals surface area (Å²) < 4.78 is 14.4. The third-order valence-corrected chi connectivity index (χ3v) is 5.87. The van der Waals surface area contributed by atoms with Gasteiger partial charge in [0.05, 0.1) is 0 Å². The van der Waals surface area contributed by atoms with E-state index >= 15 is 0 Å². The van der Waals surface area contributed by atoms with Gasteiger partial charge >= 0.3 is 0 Å². The van der Waals surface area contributed by atoms with Gasteiger partial charge in [-0.3, -0.25) is 9.59 Å². The molecule has 0 saturated carbocycles. The van der Waals surface area contributed by atoms with Crippen molar-refractivity contribution in [2.75, 3.05) is 18.0 Å². The lowest BCUT2D eigenvalue weighted by molar-refractivity contribution is 0.0943. The van der Waals surface area contributed by atoms with Crippen molar-refractivity contribution in [2.24, 2.45) is 5.92 Å². The fourth-order valence-electron chi connectivity index (χ4n) is 3.17. The molecule has 0 unspecified atom stereocenters. The molecule has 7 nitrogen and oxygen atoms in total. The highest BCUT2D eigenvalue weighted by Gasteiger charge is 2.21. The minimum Gasteiger partial charge on any atom is -0.347 e. The lowest BCUT2D eigenvalue weighted by atomic mass is 10.00. The van der Waals surface area contributed by atoms with Crippen LogP contribution in [0, 0.1) is 11.7 Å². The molecule has 0 radical (unpaired) electrons. The van der Waals surface area contributed by atoms with Crippen molar-refractivity contribution in [3.63, 3.8) is 0 Å². The fourth-order valence-corrected chi connectivity index (χ4v) is 4.13. The highest BCUT2D eigenvalue weighted by atomic mass is 32.1. The summed E-state index contributed by atoms with van der Waals surface area (Å²) in [5.41, 5.74) is 0.424. The second kappa shape index (κ2) is 7.67. The Hall–Kier alpha value is -2.81. The van der Waals surface area contributed by atoms with E-state index in [1.165, 1.54) is 34.1 Å². The van der Waals surface area contributed by atoms with Gasteiger partial charge in [-0.05, 0) is 36.5 Å². The van der Waals surface area contributed by atoms with E-state index in [1.807, 2.05) is 0 Å². The number of carbonyl (C=O) groups is 1. The molecule has 0 aliphatic carbocycles. The Kier molecular flexibility index (Phi) is 5.08. The molecule has 1 aromatic carbocycles. The molecule has 28 heavy (non-hydrogen) atoms. The zero-order chi connectivity index (χ0) is 19.7. The SMILES string of the molecule is CC1CCN(c2nn3c(C(=O)NCc4ccc(F)cc4)cc(=O)nc3s2)CC1. The molecule has 0 bridgehead atoms. The van der Waals surface area contributed by atoms with Crippen LogP contribution < -0.4 is 15.8 Å². The maximum atomic E-state index is 13.0. The number of fused-ring (bicyclic) bond motifs is 1. The van der Waals surface area contributed by atoms with Crippen LogP contribution in [-0.4, -0.2) is 33.6 Å². The average Bonchev–Trinajstić information content (AvgIpc) is 3.11. The molecule has 0 atom stereocenters. The molecule has 3 heterocycles. The van der Waals surface area contributed by atoms with Gasteiger partial charge in [-0.15, -0.1) is 5.10 Å². The van der Waals surface area contributed by atoms with Crippen LogP contribution in [0.25, 0.3) is 4.96 Å². The van der Waals surface area contributed by atoms with Gasteiger partial charge in [-0.1, -0.05) is 30.4 Å². The smallest absolute Gasteiger partial charge is 0.274 e. The summed E-state index contributed by atoms with van der Waals surface area (Å²) in [5.74, 6) is -0.0695. The van der Waals surface area contributed by atoms with Gasteiger partial charge in [0, 0.05) is 25.7 Å². The lowest BCUT2D eigenvalue weighted by Gasteiger charge is -2.29. The van der Waals surface area contributed by atoms with Gasteiger partial charge in [0.15, 0.2) is 0 Å². The summed E-state index contributed by atoms with van der Waals surface area (Å²) in [7, 11) is 0. The van der Waals surface area contributed by atoms with Crippen molar-refractivity contribution in [2.45, 2.75) is 26.3 Å². The minimum absolute atomic E-state index is 0.144. The average molecular weight is 401 g/mol. The van der Waals surface area contributed by atoms with E-state index in [0.29, 0.717) is 10.9 Å². The van der Waals surface area contributed by atoms with Gasteiger partial charge in [-0.25, -0.2) is 4.39 Å². The van der Waals surface area contributed by atoms with Crippen LogP contribution in [0.4, 0.5) is 9.52 Å². The van der Waals surface area contributed by atoms with Crippen molar-refractivity contribution in [3.05, 3.63) is 57.8 Å². The Bertz CT molecular complexity index is 1050. The summed E-state index contributed by atoms with van der Waals surface area (Å²) in [6.45, 7) is 4.26. The molecule has 0 spiro atoms. The maximum absolute atomic E-state index is 13.0. The Morgan fingerprint density at radius 2 is 2.00 bits per heavy atom. The second-order valence-corrected chi connectivity index (χ2v) is 7.97. The maximum Gasteiger partial charge on any atom is 0.274 e. The number of halogens is 1. The van der Waals surface area contributed by atoms with Gasteiger partial charge in [0.2, 0.25) is 10.1 Å². The first-order valence-corrected chi connectivity index (χ1v) is 10.00. The molecule has 1 fully saturated rings.